The van der Waals surface area contributed by atoms with Gasteiger partial charge in [-0.05, 0) is 0 Å². The van der Waals surface area contributed by atoms with Crippen molar-refractivity contribution in [3.63, 3.8) is 0 Å². The lowest BCUT2D eigenvalue weighted by atomic mass is 10.5. The van der Waals surface area contributed by atoms with Gasteiger partial charge in [-0.2, -0.15) is 0 Å². The Hall–Kier alpha value is -0.560. The molecule has 0 aliphatic rings. The number of hydrogen-bond acceptors (Lipinski definition) is 5. The van der Waals surface area contributed by atoms with Crippen LogP contribution in [0.25, 0.3) is 0 Å². The average molecular weight is 300 g/mol. The molecule has 0 spiro atoms. The fourth-order valence-electron chi connectivity index (χ4n) is 0.950. The molecule has 17 heavy (non-hydrogen) atoms. The van der Waals surface area contributed by atoms with E-state index in [9.17, 15) is 8.42 Å². The first-order valence-electron chi connectivity index (χ1n) is 4.71. The van der Waals surface area contributed by atoms with E-state index in [0.717, 1.165) is 0 Å². The van der Waals surface area contributed by atoms with Crippen LogP contribution in [0.15, 0.2) is 18.5 Å². The van der Waals surface area contributed by atoms with E-state index in [4.69, 9.17) is 31.8 Å². The topological polar surface area (TPSA) is 65.5 Å². The summed E-state index contributed by atoms with van der Waals surface area (Å²) < 4.78 is 31.4. The molecule has 0 aliphatic carbocycles. The van der Waals surface area contributed by atoms with Crippen molar-refractivity contribution < 1.29 is 17.9 Å². The van der Waals surface area contributed by atoms with Crippen molar-refractivity contribution in [3.8, 4) is 5.75 Å². The Morgan fingerprint density at radius 1 is 1.24 bits per heavy atom. The summed E-state index contributed by atoms with van der Waals surface area (Å²) in [4.78, 5) is 3.84. The van der Waals surface area contributed by atoms with E-state index in [1.807, 2.05) is 0 Å². The molecule has 0 amide bonds. The first-order chi connectivity index (χ1) is 7.97. The largest absolute Gasteiger partial charge is 0.490 e. The number of nitrogens with zero attached hydrogens (tertiary/aromatic N) is 1. The lowest BCUT2D eigenvalue weighted by Gasteiger charge is -2.06. The van der Waals surface area contributed by atoms with Crippen LogP contribution in [0.4, 0.5) is 0 Å². The number of rotatable bonds is 7. The van der Waals surface area contributed by atoms with Crippen LogP contribution in [-0.2, 0) is 13.8 Å². The van der Waals surface area contributed by atoms with E-state index in [-0.39, 0.29) is 25.6 Å². The number of aromatic nitrogens is 1. The van der Waals surface area contributed by atoms with Crippen molar-refractivity contribution in [3.05, 3.63) is 23.5 Å². The van der Waals surface area contributed by atoms with Gasteiger partial charge < -0.3 is 9.47 Å². The molecule has 0 saturated heterocycles. The molecule has 96 valence electrons. The van der Waals surface area contributed by atoms with Gasteiger partial charge in [-0.3, -0.25) is 4.98 Å². The zero-order valence-electron chi connectivity index (χ0n) is 8.80. The SMILES string of the molecule is O=S(=O)(Cl)CCOCCOc1cncc(Cl)c1. The van der Waals surface area contributed by atoms with E-state index >= 15 is 0 Å². The van der Waals surface area contributed by atoms with Crippen molar-refractivity contribution in [2.24, 2.45) is 0 Å². The number of pyridine rings is 1. The second kappa shape index (κ2) is 7.00. The molecule has 0 bridgehead atoms. The van der Waals surface area contributed by atoms with Gasteiger partial charge in [-0.1, -0.05) is 11.6 Å². The van der Waals surface area contributed by atoms with Gasteiger partial charge in [-0.25, -0.2) is 8.42 Å². The molecule has 5 nitrogen and oxygen atoms in total. The molecular weight excluding hydrogens is 289 g/mol. The van der Waals surface area contributed by atoms with E-state index in [0.29, 0.717) is 10.8 Å². The summed E-state index contributed by atoms with van der Waals surface area (Å²) in [6.45, 7) is 0.590. The molecule has 1 aromatic rings. The molecule has 0 saturated carbocycles. The van der Waals surface area contributed by atoms with Crippen molar-refractivity contribution >= 4 is 31.3 Å². The lowest BCUT2D eigenvalue weighted by Crippen LogP contribution is -2.12. The van der Waals surface area contributed by atoms with Gasteiger partial charge in [0.05, 0.1) is 30.2 Å². The minimum absolute atomic E-state index is 0.0446. The molecule has 0 aliphatic heterocycles. The Kier molecular flexibility index (Phi) is 5.97. The Bertz CT molecular complexity index is 452. The number of halogens is 2. The van der Waals surface area contributed by atoms with Gasteiger partial charge in [0.1, 0.15) is 12.4 Å². The Labute approximate surface area is 109 Å². The Balaban J connectivity index is 2.13. The highest BCUT2D eigenvalue weighted by atomic mass is 35.7. The summed E-state index contributed by atoms with van der Waals surface area (Å²) in [5.41, 5.74) is 0. The maximum absolute atomic E-state index is 10.6. The molecule has 0 N–H and O–H groups in total. The van der Waals surface area contributed by atoms with Crippen LogP contribution in [0.2, 0.25) is 5.02 Å². The van der Waals surface area contributed by atoms with Gasteiger partial charge in [0.15, 0.2) is 0 Å². The molecule has 1 heterocycles. The predicted molar refractivity (Wildman–Crippen MR) is 65.2 cm³/mol. The Morgan fingerprint density at radius 2 is 2.00 bits per heavy atom. The van der Waals surface area contributed by atoms with Gasteiger partial charge in [0.2, 0.25) is 9.05 Å². The van der Waals surface area contributed by atoms with Crippen LogP contribution >= 0.6 is 22.3 Å². The molecule has 0 radical (unpaired) electrons. The van der Waals surface area contributed by atoms with Crippen molar-refractivity contribution in [1.29, 1.82) is 0 Å². The van der Waals surface area contributed by atoms with Gasteiger partial charge in [0.25, 0.3) is 0 Å². The van der Waals surface area contributed by atoms with Crippen LogP contribution in [0.3, 0.4) is 0 Å². The molecular formula is C9H11Cl2NO4S. The van der Waals surface area contributed by atoms with E-state index in [1.165, 1.54) is 12.4 Å². The van der Waals surface area contributed by atoms with Crippen LogP contribution < -0.4 is 4.74 Å². The summed E-state index contributed by atoms with van der Waals surface area (Å²) in [6, 6.07) is 1.62. The van der Waals surface area contributed by atoms with Crippen molar-refractivity contribution in [2.75, 3.05) is 25.6 Å². The predicted octanol–water partition coefficient (Wildman–Crippen LogP) is 1.70. The fraction of sp³-hybridized carbons (Fsp3) is 0.444. The van der Waals surface area contributed by atoms with Gasteiger partial charge in [-0.15, -0.1) is 0 Å². The number of ether oxygens (including phenoxy) is 2. The highest BCUT2D eigenvalue weighted by Gasteiger charge is 2.04. The molecule has 0 unspecified atom stereocenters. The zero-order valence-corrected chi connectivity index (χ0v) is 11.1. The molecule has 1 aromatic heterocycles. The van der Waals surface area contributed by atoms with Crippen LogP contribution in [0.5, 0.6) is 5.75 Å². The second-order valence-electron chi connectivity index (χ2n) is 3.04. The maximum Gasteiger partial charge on any atom is 0.234 e. The van der Waals surface area contributed by atoms with Crippen LogP contribution in [0.1, 0.15) is 0 Å². The summed E-state index contributed by atoms with van der Waals surface area (Å²) in [5.74, 6) is 0.318. The van der Waals surface area contributed by atoms with E-state index in [1.54, 1.807) is 6.07 Å². The minimum atomic E-state index is -3.49. The molecule has 0 atom stereocenters. The smallest absolute Gasteiger partial charge is 0.234 e. The third-order valence-corrected chi connectivity index (χ3v) is 2.97. The van der Waals surface area contributed by atoms with Gasteiger partial charge >= 0.3 is 0 Å². The summed E-state index contributed by atoms with van der Waals surface area (Å²) in [5, 5.41) is 0.483. The summed E-state index contributed by atoms with van der Waals surface area (Å²) >= 11 is 5.70. The molecule has 0 fully saturated rings. The first kappa shape index (κ1) is 14.5. The second-order valence-corrected chi connectivity index (χ2v) is 6.38. The maximum atomic E-state index is 10.6. The third-order valence-electron chi connectivity index (χ3n) is 1.65. The van der Waals surface area contributed by atoms with Crippen LogP contribution in [0, 0.1) is 0 Å². The monoisotopic (exact) mass is 299 g/mol. The highest BCUT2D eigenvalue weighted by Crippen LogP contribution is 2.14. The molecule has 0 aromatic carbocycles. The summed E-state index contributed by atoms with van der Waals surface area (Å²) in [7, 11) is 1.51. The first-order valence-corrected chi connectivity index (χ1v) is 7.56. The lowest BCUT2D eigenvalue weighted by molar-refractivity contribution is 0.111. The van der Waals surface area contributed by atoms with Crippen molar-refractivity contribution in [1.82, 2.24) is 4.98 Å². The average Bonchev–Trinajstić information content (AvgIpc) is 2.22. The minimum Gasteiger partial charge on any atom is -0.490 e. The fourth-order valence-corrected chi connectivity index (χ4v) is 1.62. The van der Waals surface area contributed by atoms with Crippen molar-refractivity contribution in [2.45, 2.75) is 0 Å². The van der Waals surface area contributed by atoms with E-state index < -0.39 is 9.05 Å². The van der Waals surface area contributed by atoms with E-state index in [2.05, 4.69) is 4.98 Å². The highest BCUT2D eigenvalue weighted by molar-refractivity contribution is 8.13. The quantitative estimate of drug-likeness (QED) is 0.566. The third kappa shape index (κ3) is 7.38. The zero-order chi connectivity index (χ0) is 12.7. The van der Waals surface area contributed by atoms with Crippen LogP contribution in [-0.4, -0.2) is 39.0 Å². The summed E-state index contributed by atoms with van der Waals surface area (Å²) in [6.07, 6.45) is 3.02. The van der Waals surface area contributed by atoms with Gasteiger partial charge in [0, 0.05) is 22.9 Å². The molecule has 8 heteroatoms. The Morgan fingerprint density at radius 3 is 2.65 bits per heavy atom. The number of hydrogen-bond donors (Lipinski definition) is 0. The molecule has 1 rings (SSSR count). The standard InChI is InChI=1S/C9H11Cl2NO4S/c10-8-5-9(7-12-6-8)16-2-1-15-3-4-17(11,13)14/h5-7H,1-4H2. The normalized spacial score (nSPS) is 11.4.